The molecule has 3 N–H and O–H groups in total. The van der Waals surface area contributed by atoms with Crippen LogP contribution in [0.1, 0.15) is 41.5 Å². The maximum atomic E-state index is 15.6. The second kappa shape index (κ2) is 11.3. The molecule has 0 bridgehead atoms. The zero-order valence-corrected chi connectivity index (χ0v) is 19.1. The number of benzene rings is 3. The van der Waals surface area contributed by atoms with Crippen LogP contribution in [0, 0.1) is 5.82 Å². The highest BCUT2D eigenvalue weighted by atomic mass is 19.1. The molecule has 3 aromatic carbocycles. The van der Waals surface area contributed by atoms with Crippen LogP contribution in [0.3, 0.4) is 0 Å². The number of carbonyl (C=O) groups is 1. The first-order valence-electron chi connectivity index (χ1n) is 11.7. The van der Waals surface area contributed by atoms with E-state index in [2.05, 4.69) is 0 Å². The van der Waals surface area contributed by atoms with Crippen LogP contribution < -0.4 is 10.5 Å². The predicted molar refractivity (Wildman–Crippen MR) is 129 cm³/mol. The molecule has 3 aromatic rings. The highest BCUT2D eigenvalue weighted by molar-refractivity contribution is 5.71. The SMILES string of the molecule is NCc1cccc(-c2cc(CCC3CCCO3)c(F)c(COc3ccccc3CC(=O)O)c2)c1. The van der Waals surface area contributed by atoms with E-state index in [0.717, 1.165) is 42.6 Å². The Morgan fingerprint density at radius 2 is 1.88 bits per heavy atom. The van der Waals surface area contributed by atoms with Crippen LogP contribution in [0.25, 0.3) is 11.1 Å². The lowest BCUT2D eigenvalue weighted by atomic mass is 9.95. The molecular weight excluding hydrogens is 433 g/mol. The van der Waals surface area contributed by atoms with Crippen LogP contribution in [-0.4, -0.2) is 23.8 Å². The van der Waals surface area contributed by atoms with Crippen molar-refractivity contribution in [3.05, 3.63) is 88.7 Å². The number of nitrogens with two attached hydrogens (primary N) is 1. The minimum Gasteiger partial charge on any atom is -0.488 e. The number of para-hydroxylation sites is 1. The van der Waals surface area contributed by atoms with Gasteiger partial charge in [0.2, 0.25) is 0 Å². The van der Waals surface area contributed by atoms with Gasteiger partial charge in [0.25, 0.3) is 0 Å². The van der Waals surface area contributed by atoms with Crippen molar-refractivity contribution in [3.63, 3.8) is 0 Å². The van der Waals surface area contributed by atoms with Gasteiger partial charge in [-0.2, -0.15) is 0 Å². The first-order valence-corrected chi connectivity index (χ1v) is 11.7. The lowest BCUT2D eigenvalue weighted by Crippen LogP contribution is -2.09. The molecule has 0 spiro atoms. The maximum Gasteiger partial charge on any atom is 0.307 e. The van der Waals surface area contributed by atoms with Crippen LogP contribution >= 0.6 is 0 Å². The average Bonchev–Trinajstić information content (AvgIpc) is 3.37. The van der Waals surface area contributed by atoms with E-state index in [9.17, 15) is 9.90 Å². The van der Waals surface area contributed by atoms with Gasteiger partial charge in [0.15, 0.2) is 0 Å². The summed E-state index contributed by atoms with van der Waals surface area (Å²) in [4.78, 5) is 11.2. The standard InChI is InChI=1S/C28H30FNO4/c29-28-22(10-11-25-8-4-12-33-25)14-23(20-7-3-5-19(13-20)17-30)15-24(28)18-34-26-9-2-1-6-21(26)16-27(31)32/h1-3,5-7,9,13-15,25H,4,8,10-12,16-18,30H2,(H,31,32). The maximum absolute atomic E-state index is 15.6. The summed E-state index contributed by atoms with van der Waals surface area (Å²) < 4.78 is 27.2. The van der Waals surface area contributed by atoms with Gasteiger partial charge < -0.3 is 20.3 Å². The first-order chi connectivity index (χ1) is 16.5. The number of carboxylic acids is 1. The van der Waals surface area contributed by atoms with E-state index in [0.29, 0.717) is 35.4 Å². The molecule has 1 atom stereocenters. The van der Waals surface area contributed by atoms with Crippen LogP contribution in [0.4, 0.5) is 4.39 Å². The lowest BCUT2D eigenvalue weighted by molar-refractivity contribution is -0.136. The van der Waals surface area contributed by atoms with Crippen molar-refractivity contribution >= 4 is 5.97 Å². The third kappa shape index (κ3) is 6.01. The molecule has 1 fully saturated rings. The number of aryl methyl sites for hydroxylation is 1. The number of halogens is 1. The summed E-state index contributed by atoms with van der Waals surface area (Å²) >= 11 is 0. The Bertz CT molecular complexity index is 1140. The van der Waals surface area contributed by atoms with Gasteiger partial charge in [-0.1, -0.05) is 36.4 Å². The molecule has 0 amide bonds. The van der Waals surface area contributed by atoms with Gasteiger partial charge in [0.1, 0.15) is 18.2 Å². The quantitative estimate of drug-likeness (QED) is 0.428. The van der Waals surface area contributed by atoms with Crippen LogP contribution in [0.2, 0.25) is 0 Å². The monoisotopic (exact) mass is 463 g/mol. The third-order valence-corrected chi connectivity index (χ3v) is 6.18. The second-order valence-electron chi connectivity index (χ2n) is 8.65. The minimum atomic E-state index is -0.944. The van der Waals surface area contributed by atoms with Gasteiger partial charge >= 0.3 is 5.97 Å². The van der Waals surface area contributed by atoms with Crippen molar-refractivity contribution in [3.8, 4) is 16.9 Å². The van der Waals surface area contributed by atoms with Crippen LogP contribution in [-0.2, 0) is 35.5 Å². The van der Waals surface area contributed by atoms with Gasteiger partial charge in [-0.3, -0.25) is 4.79 Å². The number of aliphatic carboxylic acids is 1. The molecule has 1 aliphatic rings. The molecule has 0 aromatic heterocycles. The third-order valence-electron chi connectivity index (χ3n) is 6.18. The summed E-state index contributed by atoms with van der Waals surface area (Å²) in [6, 6.07) is 18.6. The second-order valence-corrected chi connectivity index (χ2v) is 8.65. The Labute approximate surface area is 199 Å². The summed E-state index contributed by atoms with van der Waals surface area (Å²) in [5.74, 6) is -0.784. The number of carboxylic acid groups (broad SMARTS) is 1. The van der Waals surface area contributed by atoms with Gasteiger partial charge in [-0.15, -0.1) is 0 Å². The Morgan fingerprint density at radius 1 is 1.06 bits per heavy atom. The van der Waals surface area contributed by atoms with Gasteiger partial charge in [0, 0.05) is 24.3 Å². The summed E-state index contributed by atoms with van der Waals surface area (Å²) in [6.07, 6.45) is 3.42. The fraction of sp³-hybridized carbons (Fsp3) is 0.321. The number of rotatable bonds is 10. The van der Waals surface area contributed by atoms with E-state index >= 15 is 4.39 Å². The molecule has 0 saturated carbocycles. The topological polar surface area (TPSA) is 81.8 Å². The van der Waals surface area contributed by atoms with Crippen molar-refractivity contribution < 1.29 is 23.8 Å². The van der Waals surface area contributed by atoms with Crippen molar-refractivity contribution in [2.75, 3.05) is 6.61 Å². The lowest BCUT2D eigenvalue weighted by Gasteiger charge is -2.16. The van der Waals surface area contributed by atoms with Crippen molar-refractivity contribution in [1.29, 1.82) is 0 Å². The van der Waals surface area contributed by atoms with E-state index in [1.54, 1.807) is 30.3 Å². The minimum absolute atomic E-state index is 0.000185. The summed E-state index contributed by atoms with van der Waals surface area (Å²) in [5, 5.41) is 9.18. The molecule has 34 heavy (non-hydrogen) atoms. The number of hydrogen-bond acceptors (Lipinski definition) is 4. The normalized spacial score (nSPS) is 15.4. The van der Waals surface area contributed by atoms with Crippen LogP contribution in [0.5, 0.6) is 5.75 Å². The molecule has 0 aliphatic carbocycles. The van der Waals surface area contributed by atoms with E-state index in [-0.39, 0.29) is 24.9 Å². The smallest absolute Gasteiger partial charge is 0.307 e. The van der Waals surface area contributed by atoms with Crippen molar-refractivity contribution in [2.24, 2.45) is 5.73 Å². The largest absolute Gasteiger partial charge is 0.488 e. The predicted octanol–water partition coefficient (Wildman–Crippen LogP) is 5.27. The Kier molecular flexibility index (Phi) is 7.93. The summed E-state index contributed by atoms with van der Waals surface area (Å²) in [6.45, 7) is 1.20. The molecule has 0 radical (unpaired) electrons. The Hall–Kier alpha value is -3.22. The zero-order chi connectivity index (χ0) is 23.9. The summed E-state index contributed by atoms with van der Waals surface area (Å²) in [5.41, 5.74) is 10.3. The highest BCUT2D eigenvalue weighted by Gasteiger charge is 2.19. The molecule has 1 unspecified atom stereocenters. The Morgan fingerprint density at radius 3 is 2.65 bits per heavy atom. The fourth-order valence-corrected chi connectivity index (χ4v) is 4.38. The molecule has 1 heterocycles. The van der Waals surface area contributed by atoms with Crippen molar-refractivity contribution in [1.82, 2.24) is 0 Å². The average molecular weight is 464 g/mol. The van der Waals surface area contributed by atoms with Gasteiger partial charge in [0.05, 0.1) is 12.5 Å². The van der Waals surface area contributed by atoms with E-state index in [1.807, 2.05) is 30.3 Å². The Balaban J connectivity index is 1.63. The number of hydrogen-bond donors (Lipinski definition) is 2. The van der Waals surface area contributed by atoms with Crippen LogP contribution in [0.15, 0.2) is 60.7 Å². The van der Waals surface area contributed by atoms with E-state index in [1.165, 1.54) is 0 Å². The molecule has 4 rings (SSSR count). The molecule has 6 heteroatoms. The highest BCUT2D eigenvalue weighted by Crippen LogP contribution is 2.29. The van der Waals surface area contributed by atoms with Crippen molar-refractivity contribution in [2.45, 2.75) is 51.4 Å². The molecular formula is C28H30FNO4. The molecule has 1 saturated heterocycles. The van der Waals surface area contributed by atoms with Gasteiger partial charge in [-0.05, 0) is 72.2 Å². The molecule has 5 nitrogen and oxygen atoms in total. The molecule has 178 valence electrons. The summed E-state index contributed by atoms with van der Waals surface area (Å²) in [7, 11) is 0. The number of ether oxygens (including phenoxy) is 2. The zero-order valence-electron chi connectivity index (χ0n) is 19.1. The van der Waals surface area contributed by atoms with Gasteiger partial charge in [-0.25, -0.2) is 4.39 Å². The van der Waals surface area contributed by atoms with E-state index < -0.39 is 5.97 Å². The van der Waals surface area contributed by atoms with E-state index in [4.69, 9.17) is 15.2 Å². The fourth-order valence-electron chi connectivity index (χ4n) is 4.38. The molecule has 1 aliphatic heterocycles. The first kappa shape index (κ1) is 23.9.